The van der Waals surface area contributed by atoms with Crippen LogP contribution in [0.5, 0.6) is 0 Å². The van der Waals surface area contributed by atoms with Gasteiger partial charge in [0.2, 0.25) is 0 Å². The number of halogens is 2. The quantitative estimate of drug-likeness (QED) is 0.436. The Balaban J connectivity index is 0. The molecule has 0 aliphatic heterocycles. The van der Waals surface area contributed by atoms with Gasteiger partial charge in [0.1, 0.15) is 0 Å². The van der Waals surface area contributed by atoms with E-state index in [1.54, 1.807) is 0 Å². The zero-order valence-electron chi connectivity index (χ0n) is 6.71. The van der Waals surface area contributed by atoms with Gasteiger partial charge in [-0.3, -0.25) is 0 Å². The Morgan fingerprint density at radius 2 is 1.42 bits per heavy atom. The van der Waals surface area contributed by atoms with Crippen LogP contribution in [0.3, 0.4) is 0 Å². The number of hydrogen-bond donors (Lipinski definition) is 1. The largest absolute Gasteiger partial charge is 0.329 e. The van der Waals surface area contributed by atoms with Crippen LogP contribution in [0.2, 0.25) is 0 Å². The Hall–Kier alpha value is 0.630. The molecule has 0 radical (unpaired) electrons. The van der Waals surface area contributed by atoms with Crippen molar-refractivity contribution in [3.05, 3.63) is 13.2 Å². The molecule has 3 nitrogen and oxygen atoms in total. The molecule has 0 rings (SSSR count). The molecule has 0 unspecified atom stereocenters. The first-order valence-electron chi connectivity index (χ1n) is 3.18. The van der Waals surface area contributed by atoms with E-state index in [-0.39, 0.29) is 0 Å². The average molecular weight is 235 g/mol. The highest BCUT2D eigenvalue weighted by molar-refractivity contribution is 7.40. The molecule has 0 aliphatic rings. The first-order chi connectivity index (χ1) is 5.81. The minimum absolute atomic E-state index is 0.298. The van der Waals surface area contributed by atoms with E-state index in [2.05, 4.69) is 13.2 Å². The summed E-state index contributed by atoms with van der Waals surface area (Å²) in [7, 11) is -1.76. The first-order valence-corrected chi connectivity index (χ1v) is 5.38. The normalized spacial score (nSPS) is 9.33. The highest BCUT2D eigenvalue weighted by Crippen LogP contribution is 2.31. The molecule has 0 fully saturated rings. The molecule has 1 N–H and O–H groups in total. The molecule has 74 valence electrons. The number of hydrogen-bond acceptors (Lipinski definition) is 3. The minimum atomic E-state index is -1.76. The maximum absolute atomic E-state index is 8.81. The molecular formula is C6H13Cl2O3P. The number of alkyl halides is 2. The van der Waals surface area contributed by atoms with E-state index in [9.17, 15) is 0 Å². The van der Waals surface area contributed by atoms with Gasteiger partial charge in [-0.25, -0.2) is 0 Å². The van der Waals surface area contributed by atoms with Gasteiger partial charge in [-0.05, 0) is 0 Å². The number of rotatable bonds is 6. The van der Waals surface area contributed by atoms with Gasteiger partial charge in [0.25, 0.3) is 0 Å². The lowest BCUT2D eigenvalue weighted by molar-refractivity contribution is 0.218. The highest BCUT2D eigenvalue weighted by atomic mass is 35.5. The van der Waals surface area contributed by atoms with Gasteiger partial charge in [0.15, 0.2) is 0 Å². The maximum atomic E-state index is 8.81. The van der Waals surface area contributed by atoms with Gasteiger partial charge in [-0.2, -0.15) is 0 Å². The molecule has 0 bridgehead atoms. The third-order valence-corrected chi connectivity index (χ3v) is 1.67. The van der Waals surface area contributed by atoms with E-state index in [0.717, 1.165) is 0 Å². The van der Waals surface area contributed by atoms with Gasteiger partial charge in [-0.15, -0.1) is 36.4 Å². The molecule has 12 heavy (non-hydrogen) atoms. The van der Waals surface area contributed by atoms with Crippen LogP contribution in [-0.2, 0) is 9.05 Å². The lowest BCUT2D eigenvalue weighted by Gasteiger charge is -2.07. The van der Waals surface area contributed by atoms with E-state index in [1.807, 2.05) is 0 Å². The summed E-state index contributed by atoms with van der Waals surface area (Å²) in [6.45, 7) is 6.60. The van der Waals surface area contributed by atoms with Gasteiger partial charge in [0, 0.05) is 11.8 Å². The Labute approximate surface area is 84.3 Å². The van der Waals surface area contributed by atoms with Crippen molar-refractivity contribution in [2.24, 2.45) is 0 Å². The van der Waals surface area contributed by atoms with E-state index in [0.29, 0.717) is 25.0 Å². The zero-order valence-corrected chi connectivity index (χ0v) is 9.12. The second-order valence-electron chi connectivity index (χ2n) is 1.28. The average Bonchev–Trinajstić information content (AvgIpc) is 2.14. The molecule has 0 spiro atoms. The van der Waals surface area contributed by atoms with Crippen molar-refractivity contribution in [2.75, 3.05) is 25.0 Å². The van der Waals surface area contributed by atoms with Gasteiger partial charge in [-0.1, -0.05) is 0 Å². The lowest BCUT2D eigenvalue weighted by atomic mass is 10.9. The van der Waals surface area contributed by atoms with E-state index >= 15 is 0 Å². The van der Waals surface area contributed by atoms with Crippen LogP contribution in [0.15, 0.2) is 13.2 Å². The van der Waals surface area contributed by atoms with Crippen LogP contribution in [-0.4, -0.2) is 29.9 Å². The molecule has 0 amide bonds. The van der Waals surface area contributed by atoms with Gasteiger partial charge in [0.05, 0.1) is 13.2 Å². The third-order valence-electron chi connectivity index (χ3n) is 0.558. The van der Waals surface area contributed by atoms with Gasteiger partial charge < -0.3 is 13.9 Å². The lowest BCUT2D eigenvalue weighted by Crippen LogP contribution is -1.95. The summed E-state index contributed by atoms with van der Waals surface area (Å²) in [5.41, 5.74) is 0. The standard InChI is InChI=1S/C4H9Cl2O3P.C2H4/c5-1-3-8-10(7)9-4-2-6;1-2/h7H,1-4H2;1-2H2. The molecule has 0 saturated carbocycles. The maximum Gasteiger partial charge on any atom is 0.329 e. The summed E-state index contributed by atoms with van der Waals surface area (Å²) in [4.78, 5) is 8.81. The summed E-state index contributed by atoms with van der Waals surface area (Å²) in [5, 5.41) is 0. The molecule has 0 aliphatic carbocycles. The van der Waals surface area contributed by atoms with E-state index in [4.69, 9.17) is 37.1 Å². The van der Waals surface area contributed by atoms with Crippen LogP contribution in [0.25, 0.3) is 0 Å². The SMILES string of the molecule is C=C.OP(OCCCl)OCCCl. The van der Waals surface area contributed by atoms with Gasteiger partial charge >= 0.3 is 8.60 Å². The Morgan fingerprint density at radius 3 is 1.67 bits per heavy atom. The molecule has 0 saturated heterocycles. The zero-order chi connectivity index (χ0) is 9.82. The van der Waals surface area contributed by atoms with Crippen molar-refractivity contribution in [3.63, 3.8) is 0 Å². The fraction of sp³-hybridized carbons (Fsp3) is 0.667. The molecule has 0 atom stereocenters. The summed E-state index contributed by atoms with van der Waals surface area (Å²) >= 11 is 10.5. The van der Waals surface area contributed by atoms with Crippen LogP contribution in [0, 0.1) is 0 Å². The monoisotopic (exact) mass is 234 g/mol. The fourth-order valence-electron chi connectivity index (χ4n) is 0.262. The van der Waals surface area contributed by atoms with Crippen LogP contribution >= 0.6 is 31.8 Å². The molecular weight excluding hydrogens is 222 g/mol. The Morgan fingerprint density at radius 1 is 1.08 bits per heavy atom. The summed E-state index contributed by atoms with van der Waals surface area (Å²) < 4.78 is 9.40. The van der Waals surface area contributed by atoms with E-state index < -0.39 is 8.60 Å². The van der Waals surface area contributed by atoms with Crippen molar-refractivity contribution >= 4 is 31.8 Å². The molecule has 0 heterocycles. The smallest absolute Gasteiger partial charge is 0.328 e. The van der Waals surface area contributed by atoms with Crippen molar-refractivity contribution in [3.8, 4) is 0 Å². The summed E-state index contributed by atoms with van der Waals surface area (Å²) in [5.74, 6) is 0.702. The Bertz CT molecular complexity index is 79.2. The van der Waals surface area contributed by atoms with Crippen molar-refractivity contribution in [2.45, 2.75) is 0 Å². The second kappa shape index (κ2) is 14.2. The Kier molecular flexibility index (Phi) is 17.9. The molecule has 6 heteroatoms. The first kappa shape index (κ1) is 15.1. The van der Waals surface area contributed by atoms with Crippen LogP contribution in [0.4, 0.5) is 0 Å². The minimum Gasteiger partial charge on any atom is -0.328 e. The molecule has 0 aromatic carbocycles. The fourth-order valence-corrected chi connectivity index (χ4v) is 1.20. The van der Waals surface area contributed by atoms with Crippen LogP contribution < -0.4 is 0 Å². The highest BCUT2D eigenvalue weighted by Gasteiger charge is 2.03. The van der Waals surface area contributed by atoms with E-state index in [1.165, 1.54) is 0 Å². The predicted molar refractivity (Wildman–Crippen MR) is 53.7 cm³/mol. The molecule has 0 aromatic heterocycles. The second-order valence-corrected chi connectivity index (χ2v) is 3.03. The van der Waals surface area contributed by atoms with Crippen molar-refractivity contribution in [1.82, 2.24) is 0 Å². The summed E-state index contributed by atoms with van der Waals surface area (Å²) in [6, 6.07) is 0. The predicted octanol–water partition coefficient (Wildman–Crippen LogP) is 2.52. The van der Waals surface area contributed by atoms with Crippen molar-refractivity contribution in [1.29, 1.82) is 0 Å². The molecule has 0 aromatic rings. The topological polar surface area (TPSA) is 38.7 Å². The van der Waals surface area contributed by atoms with Crippen LogP contribution in [0.1, 0.15) is 0 Å². The van der Waals surface area contributed by atoms with Crippen molar-refractivity contribution < 1.29 is 13.9 Å². The summed E-state index contributed by atoms with van der Waals surface area (Å²) in [6.07, 6.45) is 0. The third kappa shape index (κ3) is 13.2.